The van der Waals surface area contributed by atoms with Crippen molar-refractivity contribution in [2.45, 2.75) is 134 Å². The molecule has 0 heterocycles. The minimum absolute atomic E-state index is 0.0932. The second-order valence-corrected chi connectivity index (χ2v) is 11.0. The van der Waals surface area contributed by atoms with E-state index in [2.05, 4.69) is 6.92 Å². The summed E-state index contributed by atoms with van der Waals surface area (Å²) in [5, 5.41) is 6.52. The van der Waals surface area contributed by atoms with E-state index in [1.54, 1.807) is 0 Å². The largest absolute Gasteiger partial charge is 0.481 e. The summed E-state index contributed by atoms with van der Waals surface area (Å²) in [4.78, 5) is 22.3. The van der Waals surface area contributed by atoms with Gasteiger partial charge < -0.3 is 14.6 Å². The van der Waals surface area contributed by atoms with Crippen LogP contribution in [0.15, 0.2) is 0 Å². The maximum Gasteiger partial charge on any atom is 0.327 e. The topological polar surface area (TPSA) is 127 Å². The van der Waals surface area contributed by atoms with Crippen LogP contribution in [0.5, 0.6) is 0 Å². The molecule has 35 heavy (non-hydrogen) atoms. The van der Waals surface area contributed by atoms with Crippen LogP contribution in [0.25, 0.3) is 0 Å². The molecule has 0 rings (SSSR count). The number of carboxylic acid groups (broad SMARTS) is 1. The van der Waals surface area contributed by atoms with Crippen molar-refractivity contribution in [1.82, 2.24) is 0 Å². The SMILES string of the molecule is CCCCCCCCCCCCCCCCCCCCOCCOC(=O)C(CC(=O)O)S(=O)(=O)O. The van der Waals surface area contributed by atoms with Gasteiger partial charge in [-0.3, -0.25) is 14.1 Å². The number of hydrogen-bond acceptors (Lipinski definition) is 6. The Morgan fingerprint density at radius 2 is 1.06 bits per heavy atom. The van der Waals surface area contributed by atoms with Crippen LogP contribution in [-0.2, 0) is 29.2 Å². The van der Waals surface area contributed by atoms with Crippen LogP contribution in [-0.4, -0.2) is 55.1 Å². The third-order valence-electron chi connectivity index (χ3n) is 6.10. The maximum absolute atomic E-state index is 11.7. The van der Waals surface area contributed by atoms with Crippen LogP contribution >= 0.6 is 0 Å². The molecule has 2 N–H and O–H groups in total. The minimum atomic E-state index is -4.83. The second kappa shape index (κ2) is 23.2. The first-order valence-electron chi connectivity index (χ1n) is 13.7. The quantitative estimate of drug-likeness (QED) is 0.0767. The van der Waals surface area contributed by atoms with Crippen molar-refractivity contribution in [2.75, 3.05) is 19.8 Å². The number of aliphatic carboxylic acids is 1. The summed E-state index contributed by atoms with van der Waals surface area (Å²) in [5.41, 5.74) is 0. The Bertz CT molecular complexity index is 621. The molecule has 0 saturated carbocycles. The summed E-state index contributed by atoms with van der Waals surface area (Å²) in [6, 6.07) is 0. The zero-order valence-electron chi connectivity index (χ0n) is 21.9. The summed E-state index contributed by atoms with van der Waals surface area (Å²) < 4.78 is 41.2. The fourth-order valence-corrected chi connectivity index (χ4v) is 4.64. The molecule has 0 aromatic carbocycles. The molecule has 0 saturated heterocycles. The van der Waals surface area contributed by atoms with Crippen molar-refractivity contribution in [3.8, 4) is 0 Å². The van der Waals surface area contributed by atoms with Crippen molar-refractivity contribution < 1.29 is 37.1 Å². The highest BCUT2D eigenvalue weighted by molar-refractivity contribution is 7.87. The lowest BCUT2D eigenvalue weighted by molar-refractivity contribution is -0.148. The lowest BCUT2D eigenvalue weighted by atomic mass is 10.0. The van der Waals surface area contributed by atoms with Crippen LogP contribution < -0.4 is 0 Å². The summed E-state index contributed by atoms with van der Waals surface area (Å²) >= 11 is 0. The summed E-state index contributed by atoms with van der Waals surface area (Å²) in [7, 11) is -4.83. The molecule has 208 valence electrons. The fourth-order valence-electron chi connectivity index (χ4n) is 3.97. The lowest BCUT2D eigenvalue weighted by Crippen LogP contribution is -2.34. The van der Waals surface area contributed by atoms with Crippen LogP contribution in [0.4, 0.5) is 0 Å². The van der Waals surface area contributed by atoms with Gasteiger partial charge in [0, 0.05) is 6.61 Å². The Morgan fingerprint density at radius 3 is 1.43 bits per heavy atom. The highest BCUT2D eigenvalue weighted by Crippen LogP contribution is 2.14. The van der Waals surface area contributed by atoms with E-state index < -0.39 is 33.7 Å². The van der Waals surface area contributed by atoms with Crippen molar-refractivity contribution in [3.05, 3.63) is 0 Å². The first-order chi connectivity index (χ1) is 16.8. The van der Waals surface area contributed by atoms with Crippen LogP contribution in [0.3, 0.4) is 0 Å². The second-order valence-electron chi connectivity index (χ2n) is 9.39. The van der Waals surface area contributed by atoms with Crippen LogP contribution in [0, 0.1) is 0 Å². The number of carboxylic acids is 1. The molecule has 0 bridgehead atoms. The van der Waals surface area contributed by atoms with E-state index in [9.17, 15) is 18.0 Å². The van der Waals surface area contributed by atoms with Gasteiger partial charge in [0.1, 0.15) is 6.61 Å². The monoisotopic (exact) mass is 522 g/mol. The van der Waals surface area contributed by atoms with E-state index in [4.69, 9.17) is 19.1 Å². The molecular weight excluding hydrogens is 472 g/mol. The average molecular weight is 523 g/mol. The van der Waals surface area contributed by atoms with E-state index in [1.807, 2.05) is 0 Å². The van der Waals surface area contributed by atoms with E-state index in [1.165, 1.54) is 103 Å². The smallest absolute Gasteiger partial charge is 0.327 e. The molecule has 0 aliphatic heterocycles. The maximum atomic E-state index is 11.7. The molecule has 8 nitrogen and oxygen atoms in total. The summed E-state index contributed by atoms with van der Waals surface area (Å²) in [5.74, 6) is -2.80. The van der Waals surface area contributed by atoms with Gasteiger partial charge in [-0.1, -0.05) is 116 Å². The highest BCUT2D eigenvalue weighted by atomic mass is 32.2. The molecule has 0 radical (unpaired) electrons. The molecule has 0 amide bonds. The van der Waals surface area contributed by atoms with Crippen LogP contribution in [0.1, 0.15) is 129 Å². The number of unbranched alkanes of at least 4 members (excludes halogenated alkanes) is 17. The standard InChI is InChI=1S/C26H50O8S/c1-2-3-4-5-6-7-8-9-10-11-12-13-14-15-16-17-18-19-20-33-21-22-34-26(29)24(23-25(27)28)35(30,31)32/h24H,2-23H2,1H3,(H,27,28)(H,30,31,32). The molecule has 1 unspecified atom stereocenters. The molecule has 0 fully saturated rings. The van der Waals surface area contributed by atoms with Gasteiger partial charge in [0.25, 0.3) is 10.1 Å². The molecule has 0 aliphatic rings. The number of esters is 1. The van der Waals surface area contributed by atoms with Gasteiger partial charge >= 0.3 is 11.9 Å². The van der Waals surface area contributed by atoms with Gasteiger partial charge in [-0.05, 0) is 6.42 Å². The first-order valence-corrected chi connectivity index (χ1v) is 15.2. The Labute approximate surface area is 213 Å². The van der Waals surface area contributed by atoms with Crippen molar-refractivity contribution in [2.24, 2.45) is 0 Å². The number of ether oxygens (including phenoxy) is 2. The molecule has 1 atom stereocenters. The Hall–Kier alpha value is -1.19. The van der Waals surface area contributed by atoms with Crippen molar-refractivity contribution >= 4 is 22.1 Å². The lowest BCUT2D eigenvalue weighted by Gasteiger charge is -2.11. The van der Waals surface area contributed by atoms with E-state index >= 15 is 0 Å². The Morgan fingerprint density at radius 1 is 0.657 bits per heavy atom. The molecule has 9 heteroatoms. The summed E-state index contributed by atoms with van der Waals surface area (Å²) in [6.07, 6.45) is 22.5. The highest BCUT2D eigenvalue weighted by Gasteiger charge is 2.34. The predicted molar refractivity (Wildman–Crippen MR) is 138 cm³/mol. The third kappa shape index (κ3) is 23.0. The molecule has 0 aliphatic carbocycles. The molecular formula is C26H50O8S. The zero-order chi connectivity index (χ0) is 26.2. The predicted octanol–water partition coefficient (Wildman–Crippen LogP) is 6.32. The summed E-state index contributed by atoms with van der Waals surface area (Å²) in [6.45, 7) is 2.69. The van der Waals surface area contributed by atoms with E-state index in [-0.39, 0.29) is 13.2 Å². The Kier molecular flexibility index (Phi) is 22.4. The molecule has 0 aromatic rings. The number of carbonyl (C=O) groups excluding carboxylic acids is 1. The average Bonchev–Trinajstić information content (AvgIpc) is 2.79. The van der Waals surface area contributed by atoms with Gasteiger partial charge in [0.2, 0.25) is 0 Å². The fraction of sp³-hybridized carbons (Fsp3) is 0.923. The van der Waals surface area contributed by atoms with Crippen molar-refractivity contribution in [3.63, 3.8) is 0 Å². The number of rotatable bonds is 26. The van der Waals surface area contributed by atoms with Crippen molar-refractivity contribution in [1.29, 1.82) is 0 Å². The van der Waals surface area contributed by atoms with E-state index in [0.717, 1.165) is 12.8 Å². The zero-order valence-corrected chi connectivity index (χ0v) is 22.7. The Balaban J connectivity index is 3.37. The van der Waals surface area contributed by atoms with Gasteiger partial charge in [-0.25, -0.2) is 0 Å². The van der Waals surface area contributed by atoms with Gasteiger partial charge in [0.05, 0.1) is 13.0 Å². The third-order valence-corrected chi connectivity index (χ3v) is 7.17. The number of hydrogen-bond donors (Lipinski definition) is 2. The molecule has 0 aromatic heterocycles. The normalized spacial score (nSPS) is 12.5. The van der Waals surface area contributed by atoms with Crippen LogP contribution in [0.2, 0.25) is 0 Å². The minimum Gasteiger partial charge on any atom is -0.481 e. The van der Waals surface area contributed by atoms with E-state index in [0.29, 0.717) is 6.61 Å². The number of carbonyl (C=O) groups is 2. The molecule has 0 spiro atoms. The first kappa shape index (κ1) is 33.8. The van der Waals surface area contributed by atoms with Gasteiger partial charge in [-0.2, -0.15) is 8.42 Å². The van der Waals surface area contributed by atoms with Gasteiger partial charge in [0.15, 0.2) is 5.25 Å². The van der Waals surface area contributed by atoms with Gasteiger partial charge in [-0.15, -0.1) is 0 Å².